The molecule has 1 rings (SSSR count). The Kier molecular flexibility index (Phi) is 5.57. The van der Waals surface area contributed by atoms with Crippen LogP contribution >= 0.6 is 0 Å². The SMILES string of the molecule is CCNCCCNC(=O)c1ccc(C)cc1. The van der Waals surface area contributed by atoms with Crippen molar-refractivity contribution < 1.29 is 4.79 Å². The van der Waals surface area contributed by atoms with E-state index < -0.39 is 0 Å². The molecule has 2 N–H and O–H groups in total. The van der Waals surface area contributed by atoms with Gasteiger partial charge in [-0.3, -0.25) is 4.79 Å². The highest BCUT2D eigenvalue weighted by molar-refractivity contribution is 5.94. The van der Waals surface area contributed by atoms with E-state index in [1.54, 1.807) is 0 Å². The predicted octanol–water partition coefficient (Wildman–Crippen LogP) is 1.72. The van der Waals surface area contributed by atoms with Crippen LogP contribution in [0.5, 0.6) is 0 Å². The van der Waals surface area contributed by atoms with E-state index in [0.717, 1.165) is 31.6 Å². The quantitative estimate of drug-likeness (QED) is 0.717. The van der Waals surface area contributed by atoms with Crippen molar-refractivity contribution >= 4 is 5.91 Å². The summed E-state index contributed by atoms with van der Waals surface area (Å²) in [5, 5.41) is 6.12. The minimum absolute atomic E-state index is 0.0106. The highest BCUT2D eigenvalue weighted by Gasteiger charge is 2.02. The standard InChI is InChI=1S/C13H20N2O/c1-3-14-9-4-10-15-13(16)12-7-5-11(2)6-8-12/h5-8,14H,3-4,9-10H2,1-2H3,(H,15,16). The summed E-state index contributed by atoms with van der Waals surface area (Å²) in [6, 6.07) is 7.62. The number of aryl methyl sites for hydroxylation is 1. The fourth-order valence-electron chi connectivity index (χ4n) is 1.40. The number of hydrogen-bond donors (Lipinski definition) is 2. The molecule has 0 spiro atoms. The Hall–Kier alpha value is -1.35. The third kappa shape index (κ3) is 4.45. The van der Waals surface area contributed by atoms with Crippen LogP contribution in [0.2, 0.25) is 0 Å². The monoisotopic (exact) mass is 220 g/mol. The molecule has 0 saturated carbocycles. The molecule has 16 heavy (non-hydrogen) atoms. The predicted molar refractivity (Wildman–Crippen MR) is 66.7 cm³/mol. The van der Waals surface area contributed by atoms with Crippen LogP contribution in [0.15, 0.2) is 24.3 Å². The Bertz CT molecular complexity index is 319. The molecule has 0 aliphatic carbocycles. The molecule has 0 fully saturated rings. The summed E-state index contributed by atoms with van der Waals surface area (Å²) in [6.45, 7) is 6.74. The Morgan fingerprint density at radius 1 is 1.19 bits per heavy atom. The minimum Gasteiger partial charge on any atom is -0.352 e. The zero-order chi connectivity index (χ0) is 11.8. The number of carbonyl (C=O) groups excluding carboxylic acids is 1. The van der Waals surface area contributed by atoms with Crippen molar-refractivity contribution in [1.29, 1.82) is 0 Å². The van der Waals surface area contributed by atoms with Gasteiger partial charge in [-0.15, -0.1) is 0 Å². The molecule has 1 aromatic carbocycles. The molecule has 0 heterocycles. The molecule has 0 unspecified atom stereocenters. The van der Waals surface area contributed by atoms with Crippen LogP contribution in [0.1, 0.15) is 29.3 Å². The highest BCUT2D eigenvalue weighted by atomic mass is 16.1. The minimum atomic E-state index is 0.0106. The van der Waals surface area contributed by atoms with E-state index in [4.69, 9.17) is 0 Å². The third-order valence-electron chi connectivity index (χ3n) is 2.38. The van der Waals surface area contributed by atoms with E-state index in [9.17, 15) is 4.79 Å². The fraction of sp³-hybridized carbons (Fsp3) is 0.462. The van der Waals surface area contributed by atoms with Crippen molar-refractivity contribution in [1.82, 2.24) is 10.6 Å². The fourth-order valence-corrected chi connectivity index (χ4v) is 1.40. The summed E-state index contributed by atoms with van der Waals surface area (Å²) in [5.74, 6) is 0.0106. The normalized spacial score (nSPS) is 10.1. The van der Waals surface area contributed by atoms with Crippen molar-refractivity contribution in [3.05, 3.63) is 35.4 Å². The molecule has 0 saturated heterocycles. The maximum atomic E-state index is 11.7. The molecular weight excluding hydrogens is 200 g/mol. The highest BCUT2D eigenvalue weighted by Crippen LogP contribution is 2.02. The number of nitrogens with one attached hydrogen (secondary N) is 2. The van der Waals surface area contributed by atoms with Gasteiger partial charge in [-0.1, -0.05) is 24.6 Å². The Morgan fingerprint density at radius 3 is 2.50 bits per heavy atom. The molecule has 0 aliphatic rings. The van der Waals surface area contributed by atoms with E-state index in [1.807, 2.05) is 31.2 Å². The second-order valence-corrected chi connectivity index (χ2v) is 3.83. The Morgan fingerprint density at radius 2 is 1.88 bits per heavy atom. The lowest BCUT2D eigenvalue weighted by Crippen LogP contribution is -2.27. The first-order valence-electron chi connectivity index (χ1n) is 5.79. The largest absolute Gasteiger partial charge is 0.352 e. The first-order valence-corrected chi connectivity index (χ1v) is 5.79. The molecule has 0 atom stereocenters. The van der Waals surface area contributed by atoms with Gasteiger partial charge in [0.1, 0.15) is 0 Å². The van der Waals surface area contributed by atoms with Crippen molar-refractivity contribution in [3.63, 3.8) is 0 Å². The lowest BCUT2D eigenvalue weighted by Gasteiger charge is -2.05. The van der Waals surface area contributed by atoms with Gasteiger partial charge in [-0.05, 0) is 38.6 Å². The van der Waals surface area contributed by atoms with Crippen molar-refractivity contribution in [2.24, 2.45) is 0 Å². The van der Waals surface area contributed by atoms with E-state index in [1.165, 1.54) is 5.56 Å². The number of carbonyl (C=O) groups is 1. The second kappa shape index (κ2) is 7.01. The van der Waals surface area contributed by atoms with Crippen LogP contribution in [-0.2, 0) is 0 Å². The number of benzene rings is 1. The first kappa shape index (κ1) is 12.7. The van der Waals surface area contributed by atoms with Gasteiger partial charge < -0.3 is 10.6 Å². The van der Waals surface area contributed by atoms with Gasteiger partial charge >= 0.3 is 0 Å². The van der Waals surface area contributed by atoms with Crippen LogP contribution in [-0.4, -0.2) is 25.5 Å². The van der Waals surface area contributed by atoms with E-state index in [0.29, 0.717) is 0 Å². The van der Waals surface area contributed by atoms with Crippen LogP contribution in [0.4, 0.5) is 0 Å². The van der Waals surface area contributed by atoms with Crippen molar-refractivity contribution in [2.45, 2.75) is 20.3 Å². The van der Waals surface area contributed by atoms with Crippen LogP contribution < -0.4 is 10.6 Å². The molecule has 1 amide bonds. The smallest absolute Gasteiger partial charge is 0.251 e. The van der Waals surface area contributed by atoms with E-state index >= 15 is 0 Å². The van der Waals surface area contributed by atoms with Gasteiger partial charge in [-0.25, -0.2) is 0 Å². The molecule has 3 nitrogen and oxygen atoms in total. The maximum Gasteiger partial charge on any atom is 0.251 e. The van der Waals surface area contributed by atoms with Gasteiger partial charge in [0.05, 0.1) is 0 Å². The molecular formula is C13H20N2O. The van der Waals surface area contributed by atoms with Gasteiger partial charge in [-0.2, -0.15) is 0 Å². The van der Waals surface area contributed by atoms with Crippen LogP contribution in [0, 0.1) is 6.92 Å². The summed E-state index contributed by atoms with van der Waals surface area (Å²) in [7, 11) is 0. The zero-order valence-corrected chi connectivity index (χ0v) is 10.0. The molecule has 0 bridgehead atoms. The first-order chi connectivity index (χ1) is 7.74. The number of amides is 1. The summed E-state index contributed by atoms with van der Waals surface area (Å²) in [5.41, 5.74) is 1.90. The second-order valence-electron chi connectivity index (χ2n) is 3.83. The van der Waals surface area contributed by atoms with Gasteiger partial charge in [0.25, 0.3) is 5.91 Å². The third-order valence-corrected chi connectivity index (χ3v) is 2.38. The van der Waals surface area contributed by atoms with Gasteiger partial charge in [0, 0.05) is 12.1 Å². The number of rotatable bonds is 6. The summed E-state index contributed by atoms with van der Waals surface area (Å²) in [4.78, 5) is 11.7. The van der Waals surface area contributed by atoms with Gasteiger partial charge in [0.15, 0.2) is 0 Å². The zero-order valence-electron chi connectivity index (χ0n) is 10.0. The molecule has 3 heteroatoms. The topological polar surface area (TPSA) is 41.1 Å². The average molecular weight is 220 g/mol. The molecule has 0 radical (unpaired) electrons. The Balaban J connectivity index is 2.27. The lowest BCUT2D eigenvalue weighted by atomic mass is 10.1. The van der Waals surface area contributed by atoms with E-state index in [2.05, 4.69) is 17.6 Å². The summed E-state index contributed by atoms with van der Waals surface area (Å²) in [6.07, 6.45) is 0.964. The van der Waals surface area contributed by atoms with Gasteiger partial charge in [0.2, 0.25) is 0 Å². The molecule has 0 aliphatic heterocycles. The summed E-state index contributed by atoms with van der Waals surface area (Å²) < 4.78 is 0. The average Bonchev–Trinajstić information content (AvgIpc) is 2.29. The van der Waals surface area contributed by atoms with Crippen molar-refractivity contribution in [3.8, 4) is 0 Å². The van der Waals surface area contributed by atoms with Crippen molar-refractivity contribution in [2.75, 3.05) is 19.6 Å². The van der Waals surface area contributed by atoms with E-state index in [-0.39, 0.29) is 5.91 Å². The Labute approximate surface area is 97.2 Å². The summed E-state index contributed by atoms with van der Waals surface area (Å²) >= 11 is 0. The van der Waals surface area contributed by atoms with Crippen LogP contribution in [0.3, 0.4) is 0 Å². The molecule has 1 aromatic rings. The molecule has 0 aromatic heterocycles. The number of hydrogen-bond acceptors (Lipinski definition) is 2. The maximum absolute atomic E-state index is 11.7. The lowest BCUT2D eigenvalue weighted by molar-refractivity contribution is 0.0953. The molecule has 88 valence electrons. The van der Waals surface area contributed by atoms with Crippen LogP contribution in [0.25, 0.3) is 0 Å².